The van der Waals surface area contributed by atoms with Crippen molar-refractivity contribution in [3.05, 3.63) is 65.2 Å². The number of alkyl halides is 3. The fourth-order valence-corrected chi connectivity index (χ4v) is 4.10. The van der Waals surface area contributed by atoms with E-state index in [4.69, 9.17) is 12.2 Å². The minimum absolute atomic E-state index is 0.0754. The number of amidine groups is 1. The highest BCUT2D eigenvalue weighted by Gasteiger charge is 2.50. The van der Waals surface area contributed by atoms with E-state index in [0.29, 0.717) is 35.2 Å². The highest BCUT2D eigenvalue weighted by molar-refractivity contribution is 7.80. The van der Waals surface area contributed by atoms with Crippen LogP contribution >= 0.6 is 12.2 Å². The lowest BCUT2D eigenvalue weighted by molar-refractivity contribution is -0.274. The molecule has 1 atom stereocenters. The number of carboxylic acid groups (broad SMARTS) is 1. The Hall–Kier alpha value is -3.14. The topological polar surface area (TPSA) is 74.2 Å². The zero-order valence-electron chi connectivity index (χ0n) is 15.4. The first kappa shape index (κ1) is 20.1. The fourth-order valence-electron chi connectivity index (χ4n) is 3.77. The third-order valence-corrected chi connectivity index (χ3v) is 5.32. The predicted molar refractivity (Wildman–Crippen MR) is 107 cm³/mol. The van der Waals surface area contributed by atoms with Gasteiger partial charge in [0.25, 0.3) is 0 Å². The van der Waals surface area contributed by atoms with Crippen LogP contribution in [0.4, 0.5) is 13.2 Å². The van der Waals surface area contributed by atoms with Gasteiger partial charge in [-0.05, 0) is 54.0 Å². The van der Waals surface area contributed by atoms with Crippen LogP contribution in [0.5, 0.6) is 5.75 Å². The molecule has 6 nitrogen and oxygen atoms in total. The van der Waals surface area contributed by atoms with E-state index >= 15 is 0 Å². The van der Waals surface area contributed by atoms with Gasteiger partial charge in [-0.3, -0.25) is 4.99 Å². The number of halogens is 3. The molecule has 2 aliphatic heterocycles. The zero-order chi connectivity index (χ0) is 21.5. The van der Waals surface area contributed by atoms with Gasteiger partial charge in [-0.15, -0.1) is 13.2 Å². The second kappa shape index (κ2) is 7.28. The Kier molecular flexibility index (Phi) is 4.89. The van der Waals surface area contributed by atoms with E-state index in [1.165, 1.54) is 36.4 Å². The summed E-state index contributed by atoms with van der Waals surface area (Å²) in [6.07, 6.45) is -4.00. The zero-order valence-corrected chi connectivity index (χ0v) is 16.3. The molecule has 0 amide bonds. The van der Waals surface area contributed by atoms with E-state index in [9.17, 15) is 23.1 Å². The average molecular weight is 435 g/mol. The van der Waals surface area contributed by atoms with Gasteiger partial charge in [0.15, 0.2) is 5.11 Å². The van der Waals surface area contributed by atoms with E-state index in [-0.39, 0.29) is 11.3 Å². The van der Waals surface area contributed by atoms with Gasteiger partial charge in [0, 0.05) is 13.1 Å². The molecule has 0 saturated carbocycles. The number of hydrogen-bond donors (Lipinski definition) is 2. The van der Waals surface area contributed by atoms with Crippen molar-refractivity contribution in [2.24, 2.45) is 4.99 Å². The molecule has 4 rings (SSSR count). The van der Waals surface area contributed by atoms with Crippen molar-refractivity contribution in [1.82, 2.24) is 10.2 Å². The first-order valence-corrected chi connectivity index (χ1v) is 9.46. The van der Waals surface area contributed by atoms with Crippen molar-refractivity contribution in [2.75, 3.05) is 13.1 Å². The number of aromatic carboxylic acids is 1. The first-order valence-electron chi connectivity index (χ1n) is 9.05. The van der Waals surface area contributed by atoms with Crippen LogP contribution in [0.15, 0.2) is 53.5 Å². The quantitative estimate of drug-likeness (QED) is 0.716. The summed E-state index contributed by atoms with van der Waals surface area (Å²) in [5, 5.41) is 13.1. The van der Waals surface area contributed by atoms with Crippen molar-refractivity contribution >= 4 is 29.1 Å². The number of hydrogen-bond acceptors (Lipinski definition) is 4. The standard InChI is InChI=1S/C20H16F3N3O3S/c21-20(22,23)29-15-7-5-13(6-8-15)19(14-4-1-3-12(11-14)16(27)28)17-24-9-2-10-26(17)18(30)25-19/h1,3-8,11H,2,9-10H2,(H,25,30)(H,27,28). The lowest BCUT2D eigenvalue weighted by Gasteiger charge is -2.33. The molecule has 1 unspecified atom stereocenters. The molecular formula is C20H16F3N3O3S. The average Bonchev–Trinajstić information content (AvgIpc) is 3.01. The summed E-state index contributed by atoms with van der Waals surface area (Å²) in [7, 11) is 0. The number of nitrogens with one attached hydrogen (secondary N) is 1. The maximum atomic E-state index is 12.5. The van der Waals surface area contributed by atoms with Gasteiger partial charge < -0.3 is 20.1 Å². The number of rotatable bonds is 4. The van der Waals surface area contributed by atoms with Gasteiger partial charge in [0.2, 0.25) is 0 Å². The fraction of sp³-hybridized carbons (Fsp3) is 0.250. The number of carboxylic acids is 1. The Labute approximate surface area is 175 Å². The number of fused-ring (bicyclic) bond motifs is 1. The molecule has 1 saturated heterocycles. The van der Waals surface area contributed by atoms with Crippen LogP contribution in [0, 0.1) is 0 Å². The molecule has 1 fully saturated rings. The highest BCUT2D eigenvalue weighted by Crippen LogP contribution is 2.39. The minimum atomic E-state index is -4.80. The summed E-state index contributed by atoms with van der Waals surface area (Å²) in [4.78, 5) is 18.0. The van der Waals surface area contributed by atoms with Gasteiger partial charge in [-0.1, -0.05) is 24.3 Å². The van der Waals surface area contributed by atoms with E-state index in [1.54, 1.807) is 12.1 Å². The lowest BCUT2D eigenvalue weighted by Crippen LogP contribution is -2.46. The molecule has 2 aliphatic rings. The molecule has 2 heterocycles. The van der Waals surface area contributed by atoms with Crippen molar-refractivity contribution in [1.29, 1.82) is 0 Å². The molecule has 2 aromatic carbocycles. The van der Waals surface area contributed by atoms with Gasteiger partial charge in [0.1, 0.15) is 17.1 Å². The van der Waals surface area contributed by atoms with Crippen molar-refractivity contribution < 1.29 is 27.8 Å². The summed E-state index contributed by atoms with van der Waals surface area (Å²) >= 11 is 5.49. The second-order valence-electron chi connectivity index (χ2n) is 6.85. The van der Waals surface area contributed by atoms with Crippen molar-refractivity contribution in [2.45, 2.75) is 18.3 Å². The number of thiocarbonyl (C=S) groups is 1. The van der Waals surface area contributed by atoms with Crippen LogP contribution in [-0.2, 0) is 5.54 Å². The number of carbonyl (C=O) groups is 1. The van der Waals surface area contributed by atoms with Crippen molar-refractivity contribution in [3.63, 3.8) is 0 Å². The molecule has 156 valence electrons. The Balaban J connectivity index is 1.87. The molecule has 0 bridgehead atoms. The predicted octanol–water partition coefficient (Wildman–Crippen LogP) is 3.52. The second-order valence-corrected chi connectivity index (χ2v) is 7.24. The van der Waals surface area contributed by atoms with Gasteiger partial charge in [-0.2, -0.15) is 0 Å². The molecule has 0 aromatic heterocycles. The SMILES string of the molecule is O=C(O)c1cccc(C2(c3ccc(OC(F)(F)F)cc3)NC(=S)N3CCCN=C32)c1. The smallest absolute Gasteiger partial charge is 0.478 e. The maximum absolute atomic E-state index is 12.5. The van der Waals surface area contributed by atoms with Crippen LogP contribution in [0.3, 0.4) is 0 Å². The van der Waals surface area contributed by atoms with E-state index < -0.39 is 17.9 Å². The van der Waals surface area contributed by atoms with Crippen molar-refractivity contribution in [3.8, 4) is 5.75 Å². The van der Waals surface area contributed by atoms with Gasteiger partial charge in [-0.25, -0.2) is 4.79 Å². The number of nitrogens with zero attached hydrogens (tertiary/aromatic N) is 2. The third-order valence-electron chi connectivity index (χ3n) is 5.00. The van der Waals surface area contributed by atoms with Crippen LogP contribution in [0.1, 0.15) is 27.9 Å². The molecule has 2 N–H and O–H groups in total. The molecule has 10 heteroatoms. The van der Waals surface area contributed by atoms with Crippen LogP contribution < -0.4 is 10.1 Å². The molecular weight excluding hydrogens is 419 g/mol. The summed E-state index contributed by atoms with van der Waals surface area (Å²) in [5.41, 5.74) is 0.0774. The molecule has 0 spiro atoms. The molecule has 0 aliphatic carbocycles. The highest BCUT2D eigenvalue weighted by atomic mass is 32.1. The largest absolute Gasteiger partial charge is 0.573 e. The molecule has 0 radical (unpaired) electrons. The van der Waals surface area contributed by atoms with E-state index in [1.807, 2.05) is 4.90 Å². The third kappa shape index (κ3) is 3.47. The number of ether oxygens (including phenoxy) is 1. The molecule has 30 heavy (non-hydrogen) atoms. The van der Waals surface area contributed by atoms with Crippen LogP contribution in [0.25, 0.3) is 0 Å². The number of benzene rings is 2. The maximum Gasteiger partial charge on any atom is 0.573 e. The normalized spacial score (nSPS) is 21.0. The first-order chi connectivity index (χ1) is 14.2. The minimum Gasteiger partial charge on any atom is -0.478 e. The van der Waals surface area contributed by atoms with Gasteiger partial charge >= 0.3 is 12.3 Å². The number of aliphatic imine (C=N–C) groups is 1. The lowest BCUT2D eigenvalue weighted by atomic mass is 9.81. The summed E-state index contributed by atoms with van der Waals surface area (Å²) in [6, 6.07) is 11.7. The Bertz CT molecular complexity index is 1040. The van der Waals surface area contributed by atoms with E-state index in [0.717, 1.165) is 6.42 Å². The van der Waals surface area contributed by atoms with Gasteiger partial charge in [0.05, 0.1) is 5.56 Å². The summed E-state index contributed by atoms with van der Waals surface area (Å²) < 4.78 is 41.6. The molecule has 2 aromatic rings. The van der Waals surface area contributed by atoms with Crippen LogP contribution in [0.2, 0.25) is 0 Å². The Morgan fingerprint density at radius 1 is 1.20 bits per heavy atom. The Morgan fingerprint density at radius 2 is 1.93 bits per heavy atom. The monoisotopic (exact) mass is 435 g/mol. The summed E-state index contributed by atoms with van der Waals surface area (Å²) in [5.74, 6) is -0.863. The van der Waals surface area contributed by atoms with Crippen LogP contribution in [-0.4, -0.2) is 46.4 Å². The van der Waals surface area contributed by atoms with E-state index in [2.05, 4.69) is 15.0 Å². The Morgan fingerprint density at radius 3 is 2.60 bits per heavy atom. The summed E-state index contributed by atoms with van der Waals surface area (Å²) in [6.45, 7) is 1.20.